The van der Waals surface area contributed by atoms with E-state index in [0.717, 1.165) is 45.1 Å². The quantitative estimate of drug-likeness (QED) is 0.279. The molecule has 0 amide bonds. The van der Waals surface area contributed by atoms with Gasteiger partial charge in [-0.2, -0.15) is 0 Å². The topological polar surface area (TPSA) is 55.8 Å². The van der Waals surface area contributed by atoms with Crippen molar-refractivity contribution in [3.8, 4) is 0 Å². The van der Waals surface area contributed by atoms with Crippen LogP contribution in [0.5, 0.6) is 0 Å². The van der Waals surface area contributed by atoms with Crippen LogP contribution >= 0.6 is 24.0 Å². The summed E-state index contributed by atoms with van der Waals surface area (Å²) in [6, 6.07) is 12.0. The van der Waals surface area contributed by atoms with Gasteiger partial charge in [-0.1, -0.05) is 38.1 Å². The van der Waals surface area contributed by atoms with Crippen molar-refractivity contribution in [3.63, 3.8) is 0 Å². The molecule has 0 spiro atoms. The monoisotopic (exact) mass is 554 g/mol. The molecule has 1 aliphatic heterocycles. The third kappa shape index (κ3) is 7.58. The molecular formula is C24H36FIN6. The Kier molecular flexibility index (Phi) is 11.2. The number of benzene rings is 1. The summed E-state index contributed by atoms with van der Waals surface area (Å²) >= 11 is 0. The molecule has 3 rings (SSSR count). The lowest BCUT2D eigenvalue weighted by atomic mass is 10.1. The Hall–Kier alpha value is -1.94. The lowest BCUT2D eigenvalue weighted by Crippen LogP contribution is -2.44. The number of nitrogens with one attached hydrogen (secondary N) is 2. The Balaban J connectivity index is 0.00000363. The number of aromatic nitrogens is 1. The highest BCUT2D eigenvalue weighted by atomic mass is 127. The maximum absolute atomic E-state index is 14.0. The lowest BCUT2D eigenvalue weighted by Gasteiger charge is -2.20. The molecule has 1 atom stereocenters. The molecule has 0 aliphatic carbocycles. The third-order valence-corrected chi connectivity index (χ3v) is 5.66. The number of aliphatic imine (C=N–C) groups is 1. The van der Waals surface area contributed by atoms with Gasteiger partial charge in [0.2, 0.25) is 0 Å². The molecule has 176 valence electrons. The van der Waals surface area contributed by atoms with E-state index in [9.17, 15) is 4.39 Å². The lowest BCUT2D eigenvalue weighted by molar-refractivity contribution is 0.296. The van der Waals surface area contributed by atoms with Gasteiger partial charge in [-0.25, -0.2) is 14.4 Å². The molecule has 1 aromatic carbocycles. The summed E-state index contributed by atoms with van der Waals surface area (Å²) < 4.78 is 14.0. The van der Waals surface area contributed by atoms with Crippen molar-refractivity contribution in [2.75, 3.05) is 37.6 Å². The van der Waals surface area contributed by atoms with Gasteiger partial charge in [-0.05, 0) is 49.7 Å². The Morgan fingerprint density at radius 2 is 1.88 bits per heavy atom. The third-order valence-electron chi connectivity index (χ3n) is 5.66. The Labute approximate surface area is 208 Å². The molecule has 0 saturated carbocycles. The van der Waals surface area contributed by atoms with Crippen LogP contribution in [-0.4, -0.2) is 54.6 Å². The van der Waals surface area contributed by atoms with Crippen LogP contribution < -0.4 is 15.5 Å². The highest BCUT2D eigenvalue weighted by Crippen LogP contribution is 2.20. The van der Waals surface area contributed by atoms with E-state index in [1.165, 1.54) is 17.2 Å². The fourth-order valence-corrected chi connectivity index (χ4v) is 3.82. The smallest absolute Gasteiger partial charge is 0.191 e. The summed E-state index contributed by atoms with van der Waals surface area (Å²) in [6.07, 6.45) is 2.55. The van der Waals surface area contributed by atoms with E-state index in [-0.39, 0.29) is 35.8 Å². The number of guanidine groups is 1. The van der Waals surface area contributed by atoms with E-state index in [1.807, 2.05) is 4.90 Å². The predicted octanol–water partition coefficient (Wildman–Crippen LogP) is 4.01. The van der Waals surface area contributed by atoms with Crippen LogP contribution in [0.1, 0.15) is 38.3 Å². The van der Waals surface area contributed by atoms with Gasteiger partial charge >= 0.3 is 0 Å². The van der Waals surface area contributed by atoms with E-state index in [2.05, 4.69) is 65.6 Å². The SMILES string of the molecule is CCNC(=NCc1ccc(CN(CC)CC)cc1)NC1CCN(c2ncccc2F)C1.I. The summed E-state index contributed by atoms with van der Waals surface area (Å²) in [5.74, 6) is 0.953. The minimum absolute atomic E-state index is 0. The highest BCUT2D eigenvalue weighted by molar-refractivity contribution is 14.0. The second kappa shape index (κ2) is 13.6. The fraction of sp³-hybridized carbons (Fsp3) is 0.500. The number of hydrogen-bond donors (Lipinski definition) is 2. The Bertz CT molecular complexity index is 841. The van der Waals surface area contributed by atoms with Gasteiger partial charge in [-0.3, -0.25) is 4.90 Å². The second-order valence-corrected chi connectivity index (χ2v) is 7.86. The summed E-state index contributed by atoms with van der Waals surface area (Å²) in [5.41, 5.74) is 2.51. The maximum Gasteiger partial charge on any atom is 0.191 e. The number of nitrogens with zero attached hydrogens (tertiary/aromatic N) is 4. The van der Waals surface area contributed by atoms with Gasteiger partial charge < -0.3 is 15.5 Å². The van der Waals surface area contributed by atoms with Crippen LogP contribution in [0.4, 0.5) is 10.2 Å². The average molecular weight is 554 g/mol. The summed E-state index contributed by atoms with van der Waals surface area (Å²) in [7, 11) is 0. The maximum atomic E-state index is 14.0. The molecule has 6 nitrogen and oxygen atoms in total. The van der Waals surface area contributed by atoms with Crippen LogP contribution in [0.2, 0.25) is 0 Å². The van der Waals surface area contributed by atoms with Crippen molar-refractivity contribution in [2.24, 2.45) is 4.99 Å². The normalized spacial score (nSPS) is 16.2. The van der Waals surface area contributed by atoms with Gasteiger partial charge in [0.1, 0.15) is 0 Å². The molecule has 1 aromatic heterocycles. The van der Waals surface area contributed by atoms with Crippen LogP contribution in [-0.2, 0) is 13.1 Å². The molecule has 2 N–H and O–H groups in total. The van der Waals surface area contributed by atoms with Crippen LogP contribution in [0.25, 0.3) is 0 Å². The summed E-state index contributed by atoms with van der Waals surface area (Å²) in [5, 5.41) is 6.82. The molecule has 8 heteroatoms. The van der Waals surface area contributed by atoms with Crippen LogP contribution in [0.3, 0.4) is 0 Å². The van der Waals surface area contributed by atoms with E-state index in [0.29, 0.717) is 18.9 Å². The fourth-order valence-electron chi connectivity index (χ4n) is 3.82. The standard InChI is InChI=1S/C24H35FN6.HI/c1-4-26-24(28-16-19-9-11-20(12-10-19)17-30(5-2)6-3)29-21-13-15-31(18-21)23-22(25)8-7-14-27-23;/h7-12,14,21H,4-6,13,15-18H2,1-3H3,(H2,26,28,29);1H. The van der Waals surface area contributed by atoms with Crippen molar-refractivity contribution in [1.29, 1.82) is 0 Å². The van der Waals surface area contributed by atoms with Crippen molar-refractivity contribution in [2.45, 2.75) is 46.3 Å². The van der Waals surface area contributed by atoms with Gasteiger partial charge in [0, 0.05) is 38.4 Å². The Morgan fingerprint density at radius 1 is 1.16 bits per heavy atom. The first-order valence-electron chi connectivity index (χ1n) is 11.3. The van der Waals surface area contributed by atoms with Crippen molar-refractivity contribution in [1.82, 2.24) is 20.5 Å². The van der Waals surface area contributed by atoms with Gasteiger partial charge in [-0.15, -0.1) is 24.0 Å². The number of anilines is 1. The first-order chi connectivity index (χ1) is 15.1. The molecule has 1 fully saturated rings. The molecule has 32 heavy (non-hydrogen) atoms. The molecule has 1 aliphatic rings. The number of rotatable bonds is 9. The molecule has 1 unspecified atom stereocenters. The molecule has 0 radical (unpaired) electrons. The van der Waals surface area contributed by atoms with E-state index >= 15 is 0 Å². The van der Waals surface area contributed by atoms with Crippen LogP contribution in [0.15, 0.2) is 47.6 Å². The predicted molar refractivity (Wildman–Crippen MR) is 141 cm³/mol. The van der Waals surface area contributed by atoms with Crippen molar-refractivity contribution < 1.29 is 4.39 Å². The molecule has 0 bridgehead atoms. The van der Waals surface area contributed by atoms with E-state index in [1.54, 1.807) is 12.3 Å². The minimum atomic E-state index is -0.270. The highest BCUT2D eigenvalue weighted by Gasteiger charge is 2.25. The molecule has 2 heterocycles. The van der Waals surface area contributed by atoms with Gasteiger partial charge in [0.15, 0.2) is 17.6 Å². The first-order valence-corrected chi connectivity index (χ1v) is 11.3. The van der Waals surface area contributed by atoms with Crippen LogP contribution in [0, 0.1) is 5.82 Å². The zero-order valence-corrected chi connectivity index (χ0v) is 21.7. The molecule has 2 aromatic rings. The number of pyridine rings is 1. The number of hydrogen-bond acceptors (Lipinski definition) is 4. The van der Waals surface area contributed by atoms with Crippen molar-refractivity contribution in [3.05, 3.63) is 59.5 Å². The van der Waals surface area contributed by atoms with Crippen molar-refractivity contribution >= 4 is 35.8 Å². The van der Waals surface area contributed by atoms with E-state index in [4.69, 9.17) is 4.99 Å². The summed E-state index contributed by atoms with van der Waals surface area (Å²) in [4.78, 5) is 13.4. The molecular weight excluding hydrogens is 518 g/mol. The zero-order chi connectivity index (χ0) is 22.1. The van der Waals surface area contributed by atoms with Gasteiger partial charge in [0.05, 0.1) is 6.54 Å². The first kappa shape index (κ1) is 26.3. The summed E-state index contributed by atoms with van der Waals surface area (Å²) in [6.45, 7) is 12.4. The van der Waals surface area contributed by atoms with E-state index < -0.39 is 0 Å². The zero-order valence-electron chi connectivity index (χ0n) is 19.4. The minimum Gasteiger partial charge on any atom is -0.357 e. The number of halogens is 2. The Morgan fingerprint density at radius 3 is 2.53 bits per heavy atom. The van der Waals surface area contributed by atoms with Gasteiger partial charge in [0.25, 0.3) is 0 Å². The second-order valence-electron chi connectivity index (χ2n) is 7.86. The average Bonchev–Trinajstić information content (AvgIpc) is 3.25. The molecule has 1 saturated heterocycles. The largest absolute Gasteiger partial charge is 0.357 e.